The fraction of sp³-hybridized carbons (Fsp3) is 0.290. The molecule has 0 bridgehead atoms. The van der Waals surface area contributed by atoms with E-state index in [-0.39, 0.29) is 17.4 Å². The molecular weight excluding hydrogens is 507 g/mol. The number of nitrogens with one attached hydrogen (secondary N) is 1. The van der Waals surface area contributed by atoms with Crippen LogP contribution in [-0.4, -0.2) is 37.2 Å². The number of hydrogen-bond donors (Lipinski definition) is 1. The van der Waals surface area contributed by atoms with Gasteiger partial charge in [-0.2, -0.15) is 0 Å². The summed E-state index contributed by atoms with van der Waals surface area (Å²) in [6.45, 7) is 5.53. The Hall–Kier alpha value is -4.37. The molecule has 0 saturated carbocycles. The summed E-state index contributed by atoms with van der Waals surface area (Å²) in [5, 5.41) is 13.7. The predicted molar refractivity (Wildman–Crippen MR) is 153 cm³/mol. The molecule has 1 N–H and O–H groups in total. The molecule has 5 aromatic rings. The van der Waals surface area contributed by atoms with Crippen LogP contribution in [0.3, 0.4) is 0 Å². The number of pyridine rings is 1. The molecule has 5 rings (SSSR count). The SMILES string of the molecule is CCc1ccc2[nH]c(=O)c(CN(Cc3ccc(F)cc3)[C@H](CC)c3nnnn3Cc3ccc(OC)cc3)cc2c1. The molecule has 0 aliphatic rings. The summed E-state index contributed by atoms with van der Waals surface area (Å²) in [4.78, 5) is 18.4. The highest BCUT2D eigenvalue weighted by Gasteiger charge is 2.26. The second-order valence-corrected chi connectivity index (χ2v) is 9.90. The van der Waals surface area contributed by atoms with Gasteiger partial charge in [-0.3, -0.25) is 9.69 Å². The van der Waals surface area contributed by atoms with E-state index < -0.39 is 0 Å². The van der Waals surface area contributed by atoms with Crippen LogP contribution in [0.4, 0.5) is 4.39 Å². The minimum absolute atomic E-state index is 0.131. The molecule has 40 heavy (non-hydrogen) atoms. The zero-order valence-corrected chi connectivity index (χ0v) is 23.0. The lowest BCUT2D eigenvalue weighted by Crippen LogP contribution is -2.32. The first-order valence-electron chi connectivity index (χ1n) is 13.5. The summed E-state index contributed by atoms with van der Waals surface area (Å²) in [6, 6.07) is 22.1. The third-order valence-electron chi connectivity index (χ3n) is 7.24. The first kappa shape index (κ1) is 27.2. The first-order valence-corrected chi connectivity index (χ1v) is 13.5. The molecule has 0 saturated heterocycles. The molecule has 2 heterocycles. The van der Waals surface area contributed by atoms with Gasteiger partial charge in [-0.1, -0.05) is 44.2 Å². The van der Waals surface area contributed by atoms with Crippen molar-refractivity contribution in [2.45, 2.75) is 52.4 Å². The number of tetrazole rings is 1. The molecule has 0 spiro atoms. The summed E-state index contributed by atoms with van der Waals surface area (Å²) in [5.74, 6) is 1.19. The summed E-state index contributed by atoms with van der Waals surface area (Å²) >= 11 is 0. The number of aromatic amines is 1. The lowest BCUT2D eigenvalue weighted by molar-refractivity contribution is 0.161. The van der Waals surface area contributed by atoms with Gasteiger partial charge in [0.15, 0.2) is 5.82 Å². The van der Waals surface area contributed by atoms with Gasteiger partial charge >= 0.3 is 0 Å². The Balaban J connectivity index is 1.50. The van der Waals surface area contributed by atoms with Gasteiger partial charge < -0.3 is 9.72 Å². The van der Waals surface area contributed by atoms with Crippen LogP contribution in [-0.2, 0) is 26.1 Å². The molecule has 206 valence electrons. The summed E-state index contributed by atoms with van der Waals surface area (Å²) in [7, 11) is 1.64. The molecule has 9 heteroatoms. The highest BCUT2D eigenvalue weighted by molar-refractivity contribution is 5.79. The number of aromatic nitrogens is 5. The average molecular weight is 541 g/mol. The molecular formula is C31H33FN6O2. The van der Waals surface area contributed by atoms with E-state index in [4.69, 9.17) is 4.74 Å². The fourth-order valence-electron chi connectivity index (χ4n) is 5.03. The predicted octanol–water partition coefficient (Wildman–Crippen LogP) is 5.43. The molecule has 0 aliphatic heterocycles. The van der Waals surface area contributed by atoms with Crippen molar-refractivity contribution in [3.63, 3.8) is 0 Å². The Morgan fingerprint density at radius 3 is 2.38 bits per heavy atom. The number of benzene rings is 3. The van der Waals surface area contributed by atoms with Gasteiger partial charge in [-0.25, -0.2) is 9.07 Å². The number of rotatable bonds is 11. The maximum atomic E-state index is 13.7. The van der Waals surface area contributed by atoms with Gasteiger partial charge in [0.2, 0.25) is 0 Å². The third kappa shape index (κ3) is 6.10. The van der Waals surface area contributed by atoms with E-state index in [0.717, 1.165) is 34.2 Å². The topological polar surface area (TPSA) is 88.9 Å². The number of H-pyrrole nitrogens is 1. The lowest BCUT2D eigenvalue weighted by atomic mass is 10.1. The maximum Gasteiger partial charge on any atom is 0.252 e. The van der Waals surface area contributed by atoms with Crippen LogP contribution in [0, 0.1) is 5.82 Å². The van der Waals surface area contributed by atoms with Crippen molar-refractivity contribution < 1.29 is 9.13 Å². The van der Waals surface area contributed by atoms with Crippen LogP contribution in [0.15, 0.2) is 77.6 Å². The molecule has 0 amide bonds. The van der Waals surface area contributed by atoms with Crippen molar-refractivity contribution in [1.29, 1.82) is 0 Å². The Morgan fingerprint density at radius 1 is 0.950 bits per heavy atom. The largest absolute Gasteiger partial charge is 0.497 e. The second-order valence-electron chi connectivity index (χ2n) is 9.90. The van der Waals surface area contributed by atoms with Crippen molar-refractivity contribution in [1.82, 2.24) is 30.1 Å². The van der Waals surface area contributed by atoms with E-state index in [2.05, 4.69) is 45.3 Å². The van der Waals surface area contributed by atoms with Gasteiger partial charge in [0.25, 0.3) is 5.56 Å². The Bertz CT molecular complexity index is 1630. The van der Waals surface area contributed by atoms with Crippen LogP contribution in [0.2, 0.25) is 0 Å². The van der Waals surface area contributed by atoms with Gasteiger partial charge in [0.05, 0.1) is 19.7 Å². The maximum absolute atomic E-state index is 13.7. The number of halogens is 1. The van der Waals surface area contributed by atoms with Gasteiger partial charge in [0.1, 0.15) is 11.6 Å². The molecule has 3 aromatic carbocycles. The normalized spacial score (nSPS) is 12.2. The van der Waals surface area contributed by atoms with E-state index in [1.54, 1.807) is 23.9 Å². The van der Waals surface area contributed by atoms with E-state index in [1.165, 1.54) is 17.7 Å². The van der Waals surface area contributed by atoms with E-state index in [9.17, 15) is 9.18 Å². The van der Waals surface area contributed by atoms with E-state index >= 15 is 0 Å². The number of methoxy groups -OCH3 is 1. The van der Waals surface area contributed by atoms with Crippen LogP contribution >= 0.6 is 0 Å². The molecule has 0 radical (unpaired) electrons. The van der Waals surface area contributed by atoms with Crippen LogP contribution in [0.25, 0.3) is 10.9 Å². The third-order valence-corrected chi connectivity index (χ3v) is 7.24. The summed E-state index contributed by atoms with van der Waals surface area (Å²) in [6.07, 6.45) is 1.62. The highest BCUT2D eigenvalue weighted by atomic mass is 19.1. The Labute approximate surface area is 232 Å². The Kier molecular flexibility index (Phi) is 8.31. The number of hydrogen-bond acceptors (Lipinski definition) is 6. The average Bonchev–Trinajstić information content (AvgIpc) is 3.42. The standard InChI is InChI=1S/C31H33FN6O2/c1-4-21-10-15-28-24(16-21)17-25(31(39)33-28)20-37(18-22-6-11-26(32)12-7-22)29(5-2)30-34-35-36-38(30)19-23-8-13-27(40-3)14-9-23/h6-17,29H,4-5,18-20H2,1-3H3,(H,33,39)/t29-/m1/s1. The summed E-state index contributed by atoms with van der Waals surface area (Å²) < 4.78 is 20.8. The van der Waals surface area contributed by atoms with E-state index in [0.29, 0.717) is 37.4 Å². The molecule has 0 fully saturated rings. The molecule has 8 nitrogen and oxygen atoms in total. The van der Waals surface area contributed by atoms with E-state index in [1.807, 2.05) is 42.5 Å². The zero-order valence-electron chi connectivity index (χ0n) is 23.0. The van der Waals surface area contributed by atoms with Crippen LogP contribution in [0.5, 0.6) is 5.75 Å². The van der Waals surface area contributed by atoms with Crippen molar-refractivity contribution in [2.75, 3.05) is 7.11 Å². The van der Waals surface area contributed by atoms with Crippen molar-refractivity contribution in [2.24, 2.45) is 0 Å². The first-order chi connectivity index (χ1) is 19.5. The van der Waals surface area contributed by atoms with Gasteiger partial charge in [-0.15, -0.1) is 5.10 Å². The highest BCUT2D eigenvalue weighted by Crippen LogP contribution is 2.27. The van der Waals surface area contributed by atoms with Gasteiger partial charge in [0, 0.05) is 24.2 Å². The van der Waals surface area contributed by atoms with Crippen molar-refractivity contribution in [3.05, 3.63) is 117 Å². The van der Waals surface area contributed by atoms with Crippen LogP contribution < -0.4 is 10.3 Å². The molecule has 0 unspecified atom stereocenters. The quantitative estimate of drug-likeness (QED) is 0.240. The minimum atomic E-state index is -0.288. The Morgan fingerprint density at radius 2 is 1.68 bits per heavy atom. The zero-order chi connectivity index (χ0) is 28.1. The lowest BCUT2D eigenvalue weighted by Gasteiger charge is -2.30. The van der Waals surface area contributed by atoms with Crippen LogP contribution in [0.1, 0.15) is 54.4 Å². The number of aryl methyl sites for hydroxylation is 1. The molecule has 1 atom stereocenters. The number of nitrogens with zero attached hydrogens (tertiary/aromatic N) is 5. The van der Waals surface area contributed by atoms with Crippen molar-refractivity contribution >= 4 is 10.9 Å². The number of fused-ring (bicyclic) bond motifs is 1. The molecule has 0 aliphatic carbocycles. The fourth-order valence-corrected chi connectivity index (χ4v) is 5.03. The smallest absolute Gasteiger partial charge is 0.252 e. The monoisotopic (exact) mass is 540 g/mol. The second kappa shape index (κ2) is 12.2. The van der Waals surface area contributed by atoms with Gasteiger partial charge in [-0.05, 0) is 87.8 Å². The number of ether oxygens (including phenoxy) is 1. The summed E-state index contributed by atoms with van der Waals surface area (Å²) in [5.41, 5.74) is 4.50. The van der Waals surface area contributed by atoms with Crippen molar-refractivity contribution in [3.8, 4) is 5.75 Å². The minimum Gasteiger partial charge on any atom is -0.497 e. The molecule has 2 aromatic heterocycles.